The number of nitrogens with one attached hydrogen (secondary N) is 1. The third-order valence-electron chi connectivity index (χ3n) is 3.21. The number of carbonyl (C=O) groups excluding carboxylic acids is 1. The number of carbonyl (C=O) groups is 2. The van der Waals surface area contributed by atoms with Crippen molar-refractivity contribution in [3.63, 3.8) is 0 Å². The highest BCUT2D eigenvalue weighted by molar-refractivity contribution is 6.30. The van der Waals surface area contributed by atoms with Crippen LogP contribution in [-0.2, 0) is 4.79 Å². The number of aliphatic carboxylic acids is 1. The fourth-order valence-electron chi connectivity index (χ4n) is 2.00. The Morgan fingerprint density at radius 3 is 2.59 bits per heavy atom. The molecule has 2 aromatic rings. The topological polar surface area (TPSA) is 86.3 Å². The number of hydrogen-bond acceptors (Lipinski definition) is 3. The molecule has 0 spiro atoms. The summed E-state index contributed by atoms with van der Waals surface area (Å²) in [6, 6.07) is 8.77. The number of halogens is 1. The van der Waals surface area contributed by atoms with Crippen molar-refractivity contribution >= 4 is 23.5 Å². The van der Waals surface area contributed by atoms with Crippen LogP contribution in [0.15, 0.2) is 30.3 Å². The average Bonchev–Trinajstić information content (AvgIpc) is 2.98. The average molecular weight is 322 g/mol. The summed E-state index contributed by atoms with van der Waals surface area (Å²) in [5.74, 6) is -1.20. The number of aromatic nitrogens is 2. The number of benzene rings is 1. The summed E-state index contributed by atoms with van der Waals surface area (Å²) >= 11 is 5.84. The van der Waals surface area contributed by atoms with Crippen molar-refractivity contribution in [3.05, 3.63) is 41.0 Å². The van der Waals surface area contributed by atoms with Crippen molar-refractivity contribution < 1.29 is 14.7 Å². The molecule has 1 amide bonds. The van der Waals surface area contributed by atoms with Gasteiger partial charge in [-0.25, -0.2) is 0 Å². The number of H-pyrrole nitrogens is 1. The highest BCUT2D eigenvalue weighted by Crippen LogP contribution is 2.20. The Morgan fingerprint density at radius 2 is 2.00 bits per heavy atom. The lowest BCUT2D eigenvalue weighted by Crippen LogP contribution is -2.33. The van der Waals surface area contributed by atoms with Gasteiger partial charge in [0, 0.05) is 23.7 Å². The van der Waals surface area contributed by atoms with E-state index in [-0.39, 0.29) is 18.9 Å². The fourth-order valence-corrected chi connectivity index (χ4v) is 2.13. The zero-order chi connectivity index (χ0) is 16.1. The SMILES string of the molecule is CCN(CCC(=O)O)C(=O)c1cc(-c2ccc(Cl)cc2)n[nH]1. The summed E-state index contributed by atoms with van der Waals surface area (Å²) in [6.07, 6.45) is -0.0856. The fraction of sp³-hybridized carbons (Fsp3) is 0.267. The third kappa shape index (κ3) is 3.85. The molecular weight excluding hydrogens is 306 g/mol. The summed E-state index contributed by atoms with van der Waals surface area (Å²) in [5.41, 5.74) is 1.81. The number of aromatic amines is 1. The Balaban J connectivity index is 2.14. The zero-order valence-electron chi connectivity index (χ0n) is 12.0. The molecule has 22 heavy (non-hydrogen) atoms. The molecule has 0 unspecified atom stereocenters. The van der Waals surface area contributed by atoms with Gasteiger partial charge in [-0.15, -0.1) is 0 Å². The van der Waals surface area contributed by atoms with Gasteiger partial charge in [0.15, 0.2) is 0 Å². The van der Waals surface area contributed by atoms with E-state index >= 15 is 0 Å². The second kappa shape index (κ2) is 7.09. The van der Waals surface area contributed by atoms with Crippen LogP contribution in [0.4, 0.5) is 0 Å². The molecule has 0 radical (unpaired) electrons. The smallest absolute Gasteiger partial charge is 0.305 e. The van der Waals surface area contributed by atoms with Crippen molar-refractivity contribution in [3.8, 4) is 11.3 Å². The van der Waals surface area contributed by atoms with Gasteiger partial charge in [-0.1, -0.05) is 23.7 Å². The minimum atomic E-state index is -0.933. The molecule has 1 aromatic carbocycles. The molecule has 6 nitrogen and oxygen atoms in total. The molecule has 0 saturated carbocycles. The van der Waals surface area contributed by atoms with Gasteiger partial charge in [-0.05, 0) is 25.1 Å². The van der Waals surface area contributed by atoms with Gasteiger partial charge in [-0.2, -0.15) is 5.10 Å². The maximum absolute atomic E-state index is 12.3. The second-order valence-electron chi connectivity index (χ2n) is 4.70. The van der Waals surface area contributed by atoms with Crippen molar-refractivity contribution in [2.45, 2.75) is 13.3 Å². The Labute approximate surface area is 132 Å². The van der Waals surface area contributed by atoms with Gasteiger partial charge in [-0.3, -0.25) is 14.7 Å². The van der Waals surface area contributed by atoms with Gasteiger partial charge >= 0.3 is 5.97 Å². The number of hydrogen-bond donors (Lipinski definition) is 2. The molecule has 0 aliphatic heterocycles. The minimum Gasteiger partial charge on any atom is -0.481 e. The number of amides is 1. The molecule has 2 N–H and O–H groups in total. The molecule has 116 valence electrons. The molecule has 1 heterocycles. The Hall–Kier alpha value is -2.34. The molecule has 2 rings (SSSR count). The molecule has 0 atom stereocenters. The Kier molecular flexibility index (Phi) is 5.16. The van der Waals surface area contributed by atoms with Gasteiger partial charge in [0.25, 0.3) is 5.91 Å². The van der Waals surface area contributed by atoms with Gasteiger partial charge in [0.2, 0.25) is 0 Å². The summed E-state index contributed by atoms with van der Waals surface area (Å²) in [5, 5.41) is 16.2. The number of carboxylic acid groups (broad SMARTS) is 1. The first kappa shape index (κ1) is 16.0. The molecule has 0 fully saturated rings. The Morgan fingerprint density at radius 1 is 1.32 bits per heavy atom. The molecule has 7 heteroatoms. The Bertz CT molecular complexity index is 667. The van der Waals surface area contributed by atoms with E-state index in [4.69, 9.17) is 16.7 Å². The van der Waals surface area contributed by atoms with E-state index in [1.807, 2.05) is 12.1 Å². The second-order valence-corrected chi connectivity index (χ2v) is 5.14. The minimum absolute atomic E-state index is 0.0856. The summed E-state index contributed by atoms with van der Waals surface area (Å²) in [6.45, 7) is 2.40. The van der Waals surface area contributed by atoms with Crippen molar-refractivity contribution in [2.75, 3.05) is 13.1 Å². The van der Waals surface area contributed by atoms with Gasteiger partial charge in [0.05, 0.1) is 12.1 Å². The number of nitrogens with zero attached hydrogens (tertiary/aromatic N) is 2. The molecule has 1 aromatic heterocycles. The highest BCUT2D eigenvalue weighted by Gasteiger charge is 2.18. The molecule has 0 bridgehead atoms. The first-order valence-electron chi connectivity index (χ1n) is 6.83. The molecule has 0 aliphatic carbocycles. The van der Waals surface area contributed by atoms with E-state index in [9.17, 15) is 9.59 Å². The third-order valence-corrected chi connectivity index (χ3v) is 3.46. The normalized spacial score (nSPS) is 10.5. The van der Waals surface area contributed by atoms with E-state index in [0.717, 1.165) is 5.56 Å². The van der Waals surface area contributed by atoms with Crippen LogP contribution in [0.5, 0.6) is 0 Å². The monoisotopic (exact) mass is 321 g/mol. The van der Waals surface area contributed by atoms with Crippen LogP contribution in [0.25, 0.3) is 11.3 Å². The summed E-state index contributed by atoms with van der Waals surface area (Å²) < 4.78 is 0. The van der Waals surface area contributed by atoms with E-state index in [1.54, 1.807) is 25.1 Å². The lowest BCUT2D eigenvalue weighted by molar-refractivity contribution is -0.137. The maximum atomic E-state index is 12.3. The predicted octanol–water partition coefficient (Wildman–Crippen LogP) is 2.67. The van der Waals surface area contributed by atoms with Crippen molar-refractivity contribution in [2.24, 2.45) is 0 Å². The molecular formula is C15H16ClN3O3. The van der Waals surface area contributed by atoms with Crippen LogP contribution >= 0.6 is 11.6 Å². The van der Waals surface area contributed by atoms with Crippen LogP contribution in [0.1, 0.15) is 23.8 Å². The quantitative estimate of drug-likeness (QED) is 0.856. The standard InChI is InChI=1S/C15H16ClN3O3/c1-2-19(8-7-14(20)21)15(22)13-9-12(17-18-13)10-3-5-11(16)6-4-10/h3-6,9H,2,7-8H2,1H3,(H,17,18)(H,20,21). The van der Waals surface area contributed by atoms with Crippen LogP contribution < -0.4 is 0 Å². The summed E-state index contributed by atoms with van der Waals surface area (Å²) in [4.78, 5) is 24.4. The van der Waals surface area contributed by atoms with E-state index in [0.29, 0.717) is 23.0 Å². The lowest BCUT2D eigenvalue weighted by atomic mass is 10.1. The van der Waals surface area contributed by atoms with Crippen molar-refractivity contribution in [1.82, 2.24) is 15.1 Å². The maximum Gasteiger partial charge on any atom is 0.305 e. The van der Waals surface area contributed by atoms with Crippen molar-refractivity contribution in [1.29, 1.82) is 0 Å². The number of carboxylic acids is 1. The molecule has 0 aliphatic rings. The van der Waals surface area contributed by atoms with Crippen LogP contribution in [0.2, 0.25) is 5.02 Å². The van der Waals surface area contributed by atoms with E-state index in [2.05, 4.69) is 10.2 Å². The van der Waals surface area contributed by atoms with E-state index < -0.39 is 5.97 Å². The van der Waals surface area contributed by atoms with Gasteiger partial charge < -0.3 is 10.0 Å². The number of rotatable bonds is 6. The summed E-state index contributed by atoms with van der Waals surface area (Å²) in [7, 11) is 0. The van der Waals surface area contributed by atoms with E-state index in [1.165, 1.54) is 4.90 Å². The zero-order valence-corrected chi connectivity index (χ0v) is 12.8. The molecule has 0 saturated heterocycles. The van der Waals surface area contributed by atoms with Crippen LogP contribution in [0.3, 0.4) is 0 Å². The van der Waals surface area contributed by atoms with Crippen LogP contribution in [0, 0.1) is 0 Å². The lowest BCUT2D eigenvalue weighted by Gasteiger charge is -2.18. The van der Waals surface area contributed by atoms with Gasteiger partial charge in [0.1, 0.15) is 5.69 Å². The predicted molar refractivity (Wildman–Crippen MR) is 82.9 cm³/mol. The largest absolute Gasteiger partial charge is 0.481 e. The first-order chi connectivity index (χ1) is 10.5. The highest BCUT2D eigenvalue weighted by atomic mass is 35.5. The first-order valence-corrected chi connectivity index (χ1v) is 7.21. The van der Waals surface area contributed by atoms with Crippen LogP contribution in [-0.4, -0.2) is 45.2 Å².